The van der Waals surface area contributed by atoms with Crippen molar-refractivity contribution in [3.63, 3.8) is 0 Å². The molecule has 18 heavy (non-hydrogen) atoms. The van der Waals surface area contributed by atoms with Crippen LogP contribution in [0.3, 0.4) is 0 Å². The number of ether oxygens (including phenoxy) is 1. The molecule has 0 saturated heterocycles. The molecule has 0 aliphatic rings. The summed E-state index contributed by atoms with van der Waals surface area (Å²) < 4.78 is 5.18. The monoisotopic (exact) mass is 262 g/mol. The van der Waals surface area contributed by atoms with Gasteiger partial charge in [-0.2, -0.15) is 0 Å². The fourth-order valence-corrected chi connectivity index (χ4v) is 2.12. The highest BCUT2D eigenvalue weighted by Crippen LogP contribution is 2.26. The highest BCUT2D eigenvalue weighted by atomic mass is 35.5. The maximum absolute atomic E-state index is 6.41. The van der Waals surface area contributed by atoms with Crippen LogP contribution in [0.1, 0.15) is 22.2 Å². The summed E-state index contributed by atoms with van der Waals surface area (Å²) in [7, 11) is 1.61. The number of aromatic nitrogens is 2. The van der Waals surface area contributed by atoms with Gasteiger partial charge in [0.15, 0.2) is 0 Å². The van der Waals surface area contributed by atoms with Crippen LogP contribution in [0, 0.1) is 6.92 Å². The van der Waals surface area contributed by atoms with E-state index in [0.29, 0.717) is 12.3 Å². The number of halogens is 1. The van der Waals surface area contributed by atoms with Crippen molar-refractivity contribution in [3.05, 3.63) is 53.5 Å². The summed E-state index contributed by atoms with van der Waals surface area (Å²) in [5, 5.41) is -0.0930. The first-order valence-corrected chi connectivity index (χ1v) is 6.19. The van der Waals surface area contributed by atoms with Crippen LogP contribution in [-0.2, 0) is 6.42 Å². The van der Waals surface area contributed by atoms with E-state index in [0.717, 1.165) is 16.8 Å². The standard InChI is InChI=1S/C14H15ClN2O/c1-10-13(16-9-17-14(10)18-2)8-12(15)11-6-4-3-5-7-11/h3-7,9,12H,8H2,1-2H3. The van der Waals surface area contributed by atoms with Gasteiger partial charge < -0.3 is 4.74 Å². The molecule has 1 aromatic heterocycles. The van der Waals surface area contributed by atoms with Crippen molar-refractivity contribution in [2.45, 2.75) is 18.7 Å². The highest BCUT2D eigenvalue weighted by molar-refractivity contribution is 6.20. The molecule has 0 saturated carbocycles. The number of nitrogens with zero attached hydrogens (tertiary/aromatic N) is 2. The van der Waals surface area contributed by atoms with Crippen molar-refractivity contribution in [2.24, 2.45) is 0 Å². The lowest BCUT2D eigenvalue weighted by Gasteiger charge is -2.12. The van der Waals surface area contributed by atoms with Crippen molar-refractivity contribution in [3.8, 4) is 5.88 Å². The summed E-state index contributed by atoms with van der Waals surface area (Å²) >= 11 is 6.41. The second-order valence-corrected chi connectivity index (χ2v) is 4.56. The highest BCUT2D eigenvalue weighted by Gasteiger charge is 2.13. The van der Waals surface area contributed by atoms with Gasteiger partial charge in [0, 0.05) is 12.0 Å². The van der Waals surface area contributed by atoms with E-state index in [1.807, 2.05) is 37.3 Å². The Labute approximate surface area is 112 Å². The van der Waals surface area contributed by atoms with Crippen LogP contribution in [0.15, 0.2) is 36.7 Å². The molecule has 2 aromatic rings. The molecule has 0 aliphatic carbocycles. The molecule has 0 radical (unpaired) electrons. The van der Waals surface area contributed by atoms with Crippen LogP contribution in [0.2, 0.25) is 0 Å². The third-order valence-corrected chi connectivity index (χ3v) is 3.28. The minimum absolute atomic E-state index is 0.0930. The second kappa shape index (κ2) is 5.83. The van der Waals surface area contributed by atoms with E-state index in [1.54, 1.807) is 7.11 Å². The predicted molar refractivity (Wildman–Crippen MR) is 72.1 cm³/mol. The van der Waals surface area contributed by atoms with Gasteiger partial charge in [-0.05, 0) is 12.5 Å². The quantitative estimate of drug-likeness (QED) is 0.793. The maximum Gasteiger partial charge on any atom is 0.219 e. The van der Waals surface area contributed by atoms with Crippen LogP contribution in [0.25, 0.3) is 0 Å². The Hall–Kier alpha value is -1.61. The Balaban J connectivity index is 2.19. The summed E-state index contributed by atoms with van der Waals surface area (Å²) in [4.78, 5) is 8.34. The molecule has 1 unspecified atom stereocenters. The van der Waals surface area contributed by atoms with Gasteiger partial charge >= 0.3 is 0 Å². The molecular weight excluding hydrogens is 248 g/mol. The van der Waals surface area contributed by atoms with Gasteiger partial charge in [-0.15, -0.1) is 11.6 Å². The average Bonchev–Trinajstić information content (AvgIpc) is 2.42. The van der Waals surface area contributed by atoms with Crippen molar-refractivity contribution in [1.29, 1.82) is 0 Å². The summed E-state index contributed by atoms with van der Waals surface area (Å²) in [6.45, 7) is 1.95. The molecule has 94 valence electrons. The van der Waals surface area contributed by atoms with Gasteiger partial charge in [0.25, 0.3) is 0 Å². The van der Waals surface area contributed by atoms with Crippen LogP contribution in [-0.4, -0.2) is 17.1 Å². The first-order chi connectivity index (χ1) is 8.72. The first kappa shape index (κ1) is 12.8. The van der Waals surface area contributed by atoms with E-state index in [1.165, 1.54) is 6.33 Å². The van der Waals surface area contributed by atoms with Gasteiger partial charge in [0.1, 0.15) is 6.33 Å². The lowest BCUT2D eigenvalue weighted by Crippen LogP contribution is -2.03. The summed E-state index contributed by atoms with van der Waals surface area (Å²) in [6.07, 6.45) is 2.17. The van der Waals surface area contributed by atoms with E-state index in [4.69, 9.17) is 16.3 Å². The number of rotatable bonds is 4. The molecule has 0 fully saturated rings. The van der Waals surface area contributed by atoms with Gasteiger partial charge in [0.2, 0.25) is 5.88 Å². The predicted octanol–water partition coefficient (Wildman–Crippen LogP) is 3.32. The Morgan fingerprint density at radius 2 is 1.94 bits per heavy atom. The van der Waals surface area contributed by atoms with E-state index < -0.39 is 0 Å². The number of hydrogen-bond acceptors (Lipinski definition) is 3. The zero-order chi connectivity index (χ0) is 13.0. The Bertz CT molecular complexity index is 516. The largest absolute Gasteiger partial charge is 0.481 e. The molecule has 0 bridgehead atoms. The number of methoxy groups -OCH3 is 1. The average molecular weight is 263 g/mol. The lowest BCUT2D eigenvalue weighted by atomic mass is 10.1. The molecule has 3 nitrogen and oxygen atoms in total. The molecule has 2 rings (SSSR count). The van der Waals surface area contributed by atoms with Gasteiger partial charge in [-0.1, -0.05) is 30.3 Å². The normalized spacial score (nSPS) is 12.2. The topological polar surface area (TPSA) is 35.0 Å². The minimum Gasteiger partial charge on any atom is -0.481 e. The van der Waals surface area contributed by atoms with Crippen LogP contribution in [0.5, 0.6) is 5.88 Å². The van der Waals surface area contributed by atoms with Crippen LogP contribution < -0.4 is 4.74 Å². The van der Waals surface area contributed by atoms with Crippen molar-refractivity contribution >= 4 is 11.6 Å². The SMILES string of the molecule is COc1ncnc(CC(Cl)c2ccccc2)c1C. The fraction of sp³-hybridized carbons (Fsp3) is 0.286. The third-order valence-electron chi connectivity index (χ3n) is 2.87. The van der Waals surface area contributed by atoms with Crippen molar-refractivity contribution in [2.75, 3.05) is 7.11 Å². The minimum atomic E-state index is -0.0930. The van der Waals surface area contributed by atoms with Crippen LogP contribution in [0.4, 0.5) is 0 Å². The van der Waals surface area contributed by atoms with Crippen molar-refractivity contribution < 1.29 is 4.74 Å². The maximum atomic E-state index is 6.41. The summed E-state index contributed by atoms with van der Waals surface area (Å²) in [5.41, 5.74) is 2.96. The zero-order valence-corrected chi connectivity index (χ0v) is 11.2. The molecule has 4 heteroatoms. The Kier molecular flexibility index (Phi) is 4.15. The van der Waals surface area contributed by atoms with Gasteiger partial charge in [-0.3, -0.25) is 0 Å². The van der Waals surface area contributed by atoms with E-state index in [9.17, 15) is 0 Å². The number of alkyl halides is 1. The summed E-state index contributed by atoms with van der Waals surface area (Å²) in [5.74, 6) is 0.608. The lowest BCUT2D eigenvalue weighted by molar-refractivity contribution is 0.392. The third kappa shape index (κ3) is 2.79. The molecular formula is C14H15ClN2O. The smallest absolute Gasteiger partial charge is 0.219 e. The van der Waals surface area contributed by atoms with E-state index in [2.05, 4.69) is 9.97 Å². The van der Waals surface area contributed by atoms with Crippen LogP contribution >= 0.6 is 11.6 Å². The molecule has 1 heterocycles. The zero-order valence-electron chi connectivity index (χ0n) is 10.4. The molecule has 1 atom stereocenters. The fourth-order valence-electron chi connectivity index (χ4n) is 1.83. The second-order valence-electron chi connectivity index (χ2n) is 4.04. The molecule has 0 amide bonds. The van der Waals surface area contributed by atoms with E-state index >= 15 is 0 Å². The molecule has 1 aromatic carbocycles. The van der Waals surface area contributed by atoms with E-state index in [-0.39, 0.29) is 5.38 Å². The molecule has 0 aliphatic heterocycles. The summed E-state index contributed by atoms with van der Waals surface area (Å²) in [6, 6.07) is 9.99. The number of benzene rings is 1. The van der Waals surface area contributed by atoms with Gasteiger partial charge in [0.05, 0.1) is 18.2 Å². The molecule has 0 spiro atoms. The molecule has 0 N–H and O–H groups in total. The Morgan fingerprint density at radius 3 is 2.61 bits per heavy atom. The Morgan fingerprint density at radius 1 is 1.22 bits per heavy atom. The first-order valence-electron chi connectivity index (χ1n) is 5.76. The van der Waals surface area contributed by atoms with Gasteiger partial charge in [-0.25, -0.2) is 9.97 Å². The van der Waals surface area contributed by atoms with Crippen molar-refractivity contribution in [1.82, 2.24) is 9.97 Å². The number of hydrogen-bond donors (Lipinski definition) is 0.